The first-order valence-electron chi connectivity index (χ1n) is 15.0. The van der Waals surface area contributed by atoms with Crippen LogP contribution in [0.4, 0.5) is 5.69 Å². The van der Waals surface area contributed by atoms with Gasteiger partial charge in [-0.15, -0.1) is 0 Å². The highest BCUT2D eigenvalue weighted by atomic mass is 15.2. The molecule has 0 unspecified atom stereocenters. The predicted molar refractivity (Wildman–Crippen MR) is 179 cm³/mol. The Balaban J connectivity index is 0.000000590. The Morgan fingerprint density at radius 3 is 2.45 bits per heavy atom. The van der Waals surface area contributed by atoms with Gasteiger partial charge < -0.3 is 10.6 Å². The maximum atomic E-state index is 6.39. The van der Waals surface area contributed by atoms with Crippen LogP contribution in [0.1, 0.15) is 87.7 Å². The maximum Gasteiger partial charge on any atom is 0.108 e. The highest BCUT2D eigenvalue weighted by Crippen LogP contribution is 2.29. The number of aromatic nitrogens is 4. The molecule has 3 N–H and O–H groups in total. The summed E-state index contributed by atoms with van der Waals surface area (Å²) < 4.78 is 0. The van der Waals surface area contributed by atoms with Crippen molar-refractivity contribution >= 4 is 23.4 Å². The summed E-state index contributed by atoms with van der Waals surface area (Å²) in [7, 11) is 1.78. The minimum Gasteiger partial charge on any atom is -0.397 e. The number of allylic oxidation sites excluding steroid dienone is 3. The summed E-state index contributed by atoms with van der Waals surface area (Å²) in [4.78, 5) is 21.0. The van der Waals surface area contributed by atoms with Crippen LogP contribution in [0.15, 0.2) is 64.5 Å². The number of H-pyrrole nitrogens is 1. The van der Waals surface area contributed by atoms with Crippen LogP contribution >= 0.6 is 0 Å². The van der Waals surface area contributed by atoms with E-state index >= 15 is 0 Å². The third-order valence-electron chi connectivity index (χ3n) is 6.96. The van der Waals surface area contributed by atoms with Crippen LogP contribution in [0.5, 0.6) is 0 Å². The average Bonchev–Trinajstić information content (AvgIpc) is 3.50. The van der Waals surface area contributed by atoms with Crippen LogP contribution < -0.4 is 5.73 Å². The molecular weight excluding hydrogens is 520 g/mol. The average molecular weight is 571 g/mol. The second-order valence-electron chi connectivity index (χ2n) is 10.1. The van der Waals surface area contributed by atoms with Gasteiger partial charge >= 0.3 is 0 Å². The van der Waals surface area contributed by atoms with E-state index in [-0.39, 0.29) is 0 Å². The van der Waals surface area contributed by atoms with Crippen molar-refractivity contribution in [3.8, 4) is 0 Å². The first-order chi connectivity index (χ1) is 20.3. The van der Waals surface area contributed by atoms with Crippen molar-refractivity contribution in [1.82, 2.24) is 25.1 Å². The van der Waals surface area contributed by atoms with Gasteiger partial charge in [0.05, 0.1) is 29.0 Å². The molecule has 1 fully saturated rings. The van der Waals surface area contributed by atoms with E-state index in [1.807, 2.05) is 57.7 Å². The van der Waals surface area contributed by atoms with Crippen molar-refractivity contribution in [2.45, 2.75) is 80.6 Å². The van der Waals surface area contributed by atoms with E-state index in [9.17, 15) is 0 Å². The zero-order valence-corrected chi connectivity index (χ0v) is 27.1. The van der Waals surface area contributed by atoms with Gasteiger partial charge in [0.25, 0.3) is 0 Å². The molecule has 1 aromatic carbocycles. The van der Waals surface area contributed by atoms with Crippen LogP contribution in [0, 0.1) is 13.8 Å². The number of nitrogens with two attached hydrogens (primary N) is 1. The normalized spacial score (nSPS) is 14.2. The zero-order chi connectivity index (χ0) is 31.1. The monoisotopic (exact) mass is 570 g/mol. The molecule has 42 heavy (non-hydrogen) atoms. The SMILES string of the molecule is C/C=C(\C=NC)Cc1ncc(C2CN(C(C)=Nc3ccc(C)cc3C)C2)nc1/C(N)=C/CC.CC.CCc1cn[nH]c1. The van der Waals surface area contributed by atoms with E-state index in [2.05, 4.69) is 72.9 Å². The molecular formula is C34H50N8. The molecule has 0 radical (unpaired) electrons. The van der Waals surface area contributed by atoms with Crippen LogP contribution in [0.25, 0.3) is 5.70 Å². The maximum absolute atomic E-state index is 6.39. The molecule has 3 heterocycles. The lowest BCUT2D eigenvalue weighted by Gasteiger charge is -2.40. The van der Waals surface area contributed by atoms with Crippen molar-refractivity contribution in [3.05, 3.63) is 88.3 Å². The van der Waals surface area contributed by atoms with Gasteiger partial charge in [0.1, 0.15) is 11.5 Å². The van der Waals surface area contributed by atoms with Gasteiger partial charge in [-0.2, -0.15) is 5.10 Å². The summed E-state index contributed by atoms with van der Waals surface area (Å²) in [5.74, 6) is 1.35. The number of hydrogen-bond donors (Lipinski definition) is 2. The minimum atomic E-state index is 0.322. The number of aryl methyl sites for hydroxylation is 3. The number of aliphatic imine (C=N–C) groups is 2. The molecule has 3 aromatic rings. The topological polar surface area (TPSA) is 108 Å². The van der Waals surface area contributed by atoms with E-state index in [4.69, 9.17) is 20.7 Å². The molecule has 8 nitrogen and oxygen atoms in total. The second kappa shape index (κ2) is 17.7. The van der Waals surface area contributed by atoms with E-state index in [1.54, 1.807) is 7.05 Å². The van der Waals surface area contributed by atoms with E-state index in [0.717, 1.165) is 60.1 Å². The molecule has 0 aliphatic carbocycles. The van der Waals surface area contributed by atoms with E-state index in [1.165, 1.54) is 16.7 Å². The third kappa shape index (κ3) is 9.79. The molecule has 0 saturated carbocycles. The van der Waals surface area contributed by atoms with Crippen molar-refractivity contribution in [1.29, 1.82) is 0 Å². The van der Waals surface area contributed by atoms with Gasteiger partial charge in [0, 0.05) is 51.1 Å². The number of aromatic amines is 1. The fraction of sp³-hybridized carbons (Fsp3) is 0.441. The third-order valence-corrected chi connectivity index (χ3v) is 6.96. The van der Waals surface area contributed by atoms with Gasteiger partial charge in [-0.3, -0.25) is 15.1 Å². The van der Waals surface area contributed by atoms with Crippen LogP contribution in [-0.4, -0.2) is 57.3 Å². The molecule has 0 bridgehead atoms. The Morgan fingerprint density at radius 1 is 1.17 bits per heavy atom. The Labute approximate surface area is 253 Å². The highest BCUT2D eigenvalue weighted by Gasteiger charge is 2.31. The lowest BCUT2D eigenvalue weighted by atomic mass is 9.95. The first-order valence-corrected chi connectivity index (χ1v) is 15.0. The number of hydrogen-bond acceptors (Lipinski definition) is 6. The number of nitrogens with one attached hydrogen (secondary N) is 1. The van der Waals surface area contributed by atoms with Crippen LogP contribution in [0.2, 0.25) is 0 Å². The van der Waals surface area contributed by atoms with Crippen molar-refractivity contribution < 1.29 is 0 Å². The highest BCUT2D eigenvalue weighted by molar-refractivity contribution is 5.84. The Bertz CT molecular complexity index is 1360. The fourth-order valence-electron chi connectivity index (χ4n) is 4.46. The summed E-state index contributed by atoms with van der Waals surface area (Å²) in [6.07, 6.45) is 14.1. The number of amidine groups is 1. The lowest BCUT2D eigenvalue weighted by molar-refractivity contribution is 0.246. The summed E-state index contributed by atoms with van der Waals surface area (Å²) >= 11 is 0. The van der Waals surface area contributed by atoms with Crippen molar-refractivity contribution in [3.63, 3.8) is 0 Å². The molecule has 1 aliphatic rings. The van der Waals surface area contributed by atoms with Crippen LogP contribution in [0.3, 0.4) is 0 Å². The summed E-state index contributed by atoms with van der Waals surface area (Å²) in [6, 6.07) is 6.37. The van der Waals surface area contributed by atoms with Gasteiger partial charge in [0.15, 0.2) is 0 Å². The number of likely N-dealkylation sites (tertiary alicyclic amines) is 1. The standard InChI is InChI=1S/C27H36N6.C5H8N2.C2H6/c1-7-9-23(28)27-25(13-21(8-2)14-29-6)30-15-26(32-27)22-16-33(17-22)20(5)31-24-11-10-18(3)12-19(24)4;1-2-5-3-6-7-4-5;1-2/h8-12,14-15,22H,7,13,16-17,28H2,1-6H3;3-4H,2H2,1H3,(H,6,7);1-2H3/b21-8-,23-9-,29-14?,31-20?;;. The largest absolute Gasteiger partial charge is 0.397 e. The molecule has 1 aliphatic heterocycles. The number of rotatable bonds is 8. The second-order valence-corrected chi connectivity index (χ2v) is 10.1. The Morgan fingerprint density at radius 2 is 1.90 bits per heavy atom. The van der Waals surface area contributed by atoms with Gasteiger partial charge in [-0.05, 0) is 63.3 Å². The molecule has 226 valence electrons. The Hall–Kier alpha value is -4.07. The van der Waals surface area contributed by atoms with Crippen LogP contribution in [-0.2, 0) is 12.8 Å². The van der Waals surface area contributed by atoms with Gasteiger partial charge in [-0.1, -0.05) is 57.5 Å². The molecule has 8 heteroatoms. The van der Waals surface area contributed by atoms with E-state index in [0.29, 0.717) is 18.0 Å². The van der Waals surface area contributed by atoms with Gasteiger partial charge in [-0.25, -0.2) is 9.98 Å². The van der Waals surface area contributed by atoms with Crippen molar-refractivity contribution in [2.75, 3.05) is 20.1 Å². The summed E-state index contributed by atoms with van der Waals surface area (Å²) in [5.41, 5.74) is 15.6. The molecule has 1 saturated heterocycles. The summed E-state index contributed by atoms with van der Waals surface area (Å²) in [5, 5.41) is 6.50. The molecule has 0 amide bonds. The molecule has 2 aromatic heterocycles. The molecule has 0 spiro atoms. The smallest absolute Gasteiger partial charge is 0.108 e. The van der Waals surface area contributed by atoms with E-state index < -0.39 is 0 Å². The van der Waals surface area contributed by atoms with Crippen molar-refractivity contribution in [2.24, 2.45) is 15.7 Å². The number of benzene rings is 1. The Kier molecular flexibility index (Phi) is 14.4. The fourth-order valence-corrected chi connectivity index (χ4v) is 4.46. The summed E-state index contributed by atoms with van der Waals surface area (Å²) in [6.45, 7) is 18.2. The minimum absolute atomic E-state index is 0.322. The predicted octanol–water partition coefficient (Wildman–Crippen LogP) is 7.14. The first kappa shape index (κ1) is 34.1. The zero-order valence-electron chi connectivity index (χ0n) is 27.1. The quantitative estimate of drug-likeness (QED) is 0.221. The number of nitrogens with zero attached hydrogens (tertiary/aromatic N) is 6. The van der Waals surface area contributed by atoms with Gasteiger partial charge in [0.2, 0.25) is 0 Å². The lowest BCUT2D eigenvalue weighted by Crippen LogP contribution is -2.47. The molecule has 4 rings (SSSR count). The molecule has 0 atom stereocenters.